The number of nitrogens with one attached hydrogen (secondary N) is 2. The predicted molar refractivity (Wildman–Crippen MR) is 109 cm³/mol. The highest BCUT2D eigenvalue weighted by molar-refractivity contribution is 5.95. The first-order valence-corrected chi connectivity index (χ1v) is 9.24. The smallest absolute Gasteiger partial charge is 0.251 e. The first kappa shape index (κ1) is 19.5. The molecule has 0 bridgehead atoms. The van der Waals surface area contributed by atoms with Gasteiger partial charge in [0, 0.05) is 29.4 Å². The largest absolute Gasteiger partial charge is 0.352 e. The van der Waals surface area contributed by atoms with Crippen LogP contribution < -0.4 is 10.6 Å². The normalized spacial score (nSPS) is 10.7. The van der Waals surface area contributed by atoms with Gasteiger partial charge in [-0.3, -0.25) is 4.79 Å². The minimum absolute atomic E-state index is 0.0982. The van der Waals surface area contributed by atoms with Crippen molar-refractivity contribution in [2.75, 3.05) is 11.9 Å². The Labute approximate surface area is 164 Å². The summed E-state index contributed by atoms with van der Waals surface area (Å²) in [4.78, 5) is 20.8. The van der Waals surface area contributed by atoms with Crippen molar-refractivity contribution >= 4 is 17.4 Å². The Bertz CT molecular complexity index is 941. The Morgan fingerprint density at radius 3 is 2.61 bits per heavy atom. The van der Waals surface area contributed by atoms with Gasteiger partial charge in [0.05, 0.1) is 5.69 Å². The fraction of sp³-hybridized carbons (Fsp3) is 0.227. The molecule has 1 heterocycles. The number of halogens is 1. The molecule has 3 rings (SSSR count). The third-order valence-corrected chi connectivity index (χ3v) is 4.21. The van der Waals surface area contributed by atoms with Crippen molar-refractivity contribution in [3.05, 3.63) is 72.3 Å². The van der Waals surface area contributed by atoms with Gasteiger partial charge in [-0.15, -0.1) is 0 Å². The molecule has 0 aliphatic rings. The van der Waals surface area contributed by atoms with Gasteiger partial charge in [-0.05, 0) is 54.8 Å². The molecule has 0 aliphatic carbocycles. The van der Waals surface area contributed by atoms with Crippen LogP contribution in [0.3, 0.4) is 0 Å². The molecule has 3 aromatic rings. The van der Waals surface area contributed by atoms with E-state index >= 15 is 0 Å². The van der Waals surface area contributed by atoms with Gasteiger partial charge in [-0.2, -0.15) is 0 Å². The third kappa shape index (κ3) is 5.36. The van der Waals surface area contributed by atoms with Crippen LogP contribution in [0.15, 0.2) is 60.9 Å². The summed E-state index contributed by atoms with van der Waals surface area (Å²) < 4.78 is 13.1. The topological polar surface area (TPSA) is 66.9 Å². The number of nitrogens with zero attached hydrogens (tertiary/aromatic N) is 2. The molecule has 0 spiro atoms. The Morgan fingerprint density at radius 1 is 1.07 bits per heavy atom. The molecule has 6 heteroatoms. The van der Waals surface area contributed by atoms with Gasteiger partial charge < -0.3 is 10.6 Å². The van der Waals surface area contributed by atoms with E-state index in [1.54, 1.807) is 30.3 Å². The fourth-order valence-corrected chi connectivity index (χ4v) is 2.67. The highest BCUT2D eigenvalue weighted by Gasteiger charge is 2.08. The van der Waals surface area contributed by atoms with Crippen LogP contribution in [0.2, 0.25) is 0 Å². The standard InChI is InChI=1S/C22H23FN4O/c1-15(2)10-11-24-22(28)17-4-3-5-19(12-17)27-21-13-20(25-14-26-21)16-6-8-18(23)9-7-16/h3-9,12-15H,10-11H2,1-2H3,(H,24,28)(H,25,26,27). The molecule has 1 aromatic heterocycles. The number of carbonyl (C=O) groups excluding carboxylic acids is 1. The maximum atomic E-state index is 13.1. The minimum Gasteiger partial charge on any atom is -0.352 e. The molecule has 5 nitrogen and oxygen atoms in total. The van der Waals surface area contributed by atoms with Gasteiger partial charge in [-0.1, -0.05) is 19.9 Å². The van der Waals surface area contributed by atoms with E-state index in [-0.39, 0.29) is 11.7 Å². The first-order chi connectivity index (χ1) is 13.5. The van der Waals surface area contributed by atoms with E-state index in [2.05, 4.69) is 34.4 Å². The maximum Gasteiger partial charge on any atom is 0.251 e. The van der Waals surface area contributed by atoms with E-state index in [1.165, 1.54) is 18.5 Å². The molecular formula is C22H23FN4O. The molecule has 0 saturated heterocycles. The van der Waals surface area contributed by atoms with Crippen LogP contribution in [0, 0.1) is 11.7 Å². The van der Waals surface area contributed by atoms with Crippen molar-refractivity contribution in [1.29, 1.82) is 0 Å². The molecule has 1 amide bonds. The summed E-state index contributed by atoms with van der Waals surface area (Å²) in [6, 6.07) is 15.2. The number of benzene rings is 2. The Balaban J connectivity index is 1.71. The highest BCUT2D eigenvalue weighted by Crippen LogP contribution is 2.22. The summed E-state index contributed by atoms with van der Waals surface area (Å²) in [7, 11) is 0. The quantitative estimate of drug-likeness (QED) is 0.620. The van der Waals surface area contributed by atoms with Crippen molar-refractivity contribution in [3.63, 3.8) is 0 Å². The van der Waals surface area contributed by atoms with Crippen LogP contribution in [-0.4, -0.2) is 22.4 Å². The molecule has 2 N–H and O–H groups in total. The molecule has 0 saturated carbocycles. The van der Waals surface area contributed by atoms with Crippen LogP contribution in [0.5, 0.6) is 0 Å². The zero-order valence-corrected chi connectivity index (χ0v) is 15.9. The lowest BCUT2D eigenvalue weighted by molar-refractivity contribution is 0.0952. The number of carbonyl (C=O) groups is 1. The molecule has 28 heavy (non-hydrogen) atoms. The first-order valence-electron chi connectivity index (χ1n) is 9.24. The number of anilines is 2. The Kier molecular flexibility index (Phi) is 6.32. The van der Waals surface area contributed by atoms with Crippen molar-refractivity contribution in [1.82, 2.24) is 15.3 Å². The molecule has 2 aromatic carbocycles. The molecule has 0 atom stereocenters. The molecule has 144 valence electrons. The molecule has 0 fully saturated rings. The second kappa shape index (κ2) is 9.08. The Hall–Kier alpha value is -3.28. The number of amides is 1. The third-order valence-electron chi connectivity index (χ3n) is 4.21. The van der Waals surface area contributed by atoms with Gasteiger partial charge >= 0.3 is 0 Å². The van der Waals surface area contributed by atoms with Gasteiger partial charge in [0.25, 0.3) is 5.91 Å². The summed E-state index contributed by atoms with van der Waals surface area (Å²) in [5.41, 5.74) is 2.81. The van der Waals surface area contributed by atoms with E-state index in [1.807, 2.05) is 12.1 Å². The average molecular weight is 378 g/mol. The maximum absolute atomic E-state index is 13.1. The zero-order chi connectivity index (χ0) is 19.9. The SMILES string of the molecule is CC(C)CCNC(=O)c1cccc(Nc2cc(-c3ccc(F)cc3)ncn2)c1. The van der Waals surface area contributed by atoms with Crippen molar-refractivity contribution in [2.24, 2.45) is 5.92 Å². The second-order valence-corrected chi connectivity index (χ2v) is 6.94. The molecule has 0 aliphatic heterocycles. The molecule has 0 radical (unpaired) electrons. The molecule has 0 unspecified atom stereocenters. The van der Waals surface area contributed by atoms with Crippen molar-refractivity contribution < 1.29 is 9.18 Å². The lowest BCUT2D eigenvalue weighted by Crippen LogP contribution is -2.25. The predicted octanol–water partition coefficient (Wildman–Crippen LogP) is 4.80. The van der Waals surface area contributed by atoms with Crippen molar-refractivity contribution in [2.45, 2.75) is 20.3 Å². The van der Waals surface area contributed by atoms with Crippen molar-refractivity contribution in [3.8, 4) is 11.3 Å². The highest BCUT2D eigenvalue weighted by atomic mass is 19.1. The summed E-state index contributed by atoms with van der Waals surface area (Å²) in [5.74, 6) is 0.742. The number of hydrogen-bond donors (Lipinski definition) is 2. The van der Waals surface area contributed by atoms with Gasteiger partial charge in [-0.25, -0.2) is 14.4 Å². The van der Waals surface area contributed by atoms with E-state index < -0.39 is 0 Å². The number of hydrogen-bond acceptors (Lipinski definition) is 4. The van der Waals surface area contributed by atoms with E-state index in [4.69, 9.17) is 0 Å². The average Bonchev–Trinajstić information content (AvgIpc) is 2.68. The van der Waals surface area contributed by atoms with Gasteiger partial charge in [0.1, 0.15) is 18.0 Å². The summed E-state index contributed by atoms with van der Waals surface area (Å²) in [5, 5.41) is 6.12. The summed E-state index contributed by atoms with van der Waals surface area (Å²) in [6.45, 7) is 4.90. The second-order valence-electron chi connectivity index (χ2n) is 6.94. The lowest BCUT2D eigenvalue weighted by atomic mass is 10.1. The zero-order valence-electron chi connectivity index (χ0n) is 15.9. The number of rotatable bonds is 7. The summed E-state index contributed by atoms with van der Waals surface area (Å²) >= 11 is 0. The Morgan fingerprint density at radius 2 is 1.86 bits per heavy atom. The fourth-order valence-electron chi connectivity index (χ4n) is 2.67. The van der Waals surface area contributed by atoms with Gasteiger partial charge in [0.2, 0.25) is 0 Å². The van der Waals surface area contributed by atoms with Gasteiger partial charge in [0.15, 0.2) is 0 Å². The van der Waals surface area contributed by atoms with Crippen LogP contribution >= 0.6 is 0 Å². The minimum atomic E-state index is -0.292. The van der Waals surface area contributed by atoms with Crippen LogP contribution in [0.4, 0.5) is 15.9 Å². The monoisotopic (exact) mass is 378 g/mol. The molecular weight excluding hydrogens is 355 g/mol. The van der Waals surface area contributed by atoms with E-state index in [0.29, 0.717) is 29.5 Å². The van der Waals surface area contributed by atoms with E-state index in [9.17, 15) is 9.18 Å². The van der Waals surface area contributed by atoms with Crippen LogP contribution in [0.1, 0.15) is 30.6 Å². The van der Waals surface area contributed by atoms with E-state index in [0.717, 1.165) is 17.7 Å². The van der Waals surface area contributed by atoms with Crippen LogP contribution in [-0.2, 0) is 0 Å². The number of aromatic nitrogens is 2. The lowest BCUT2D eigenvalue weighted by Gasteiger charge is -2.10. The van der Waals surface area contributed by atoms with Crippen LogP contribution in [0.25, 0.3) is 11.3 Å². The summed E-state index contributed by atoms with van der Waals surface area (Å²) in [6.07, 6.45) is 2.39.